The van der Waals surface area contributed by atoms with Gasteiger partial charge in [0.2, 0.25) is 88.6 Å². The summed E-state index contributed by atoms with van der Waals surface area (Å²) in [6.07, 6.45) is -1.78. The Morgan fingerprint density at radius 1 is 0.551 bits per heavy atom. The molecule has 746 valence electrons. The minimum atomic E-state index is -2.06. The van der Waals surface area contributed by atoms with Crippen molar-refractivity contribution in [1.82, 2.24) is 79.4 Å². The molecule has 1 aliphatic rings. The van der Waals surface area contributed by atoms with Gasteiger partial charge in [0.25, 0.3) is 0 Å². The van der Waals surface area contributed by atoms with Gasteiger partial charge in [-0.1, -0.05) is 101 Å². The second-order valence-corrected chi connectivity index (χ2v) is 39.5. The predicted octanol–water partition coefficient (Wildman–Crippen LogP) is -0.106. The number of unbranched alkanes of at least 4 members (excludes halogenated alkanes) is 3. The fourth-order valence-corrected chi connectivity index (χ4v) is 18.1. The topological polar surface area (TPSA) is 677 Å². The predicted molar refractivity (Wildman–Crippen MR) is 514 cm³/mol. The van der Waals surface area contributed by atoms with Crippen molar-refractivity contribution in [3.8, 4) is 5.75 Å². The van der Waals surface area contributed by atoms with Gasteiger partial charge in [0.05, 0.1) is 24.5 Å². The number of aromatic amines is 1. The minimum absolute atomic E-state index is 0.103. The van der Waals surface area contributed by atoms with Crippen LogP contribution in [0.1, 0.15) is 188 Å². The maximum absolute atomic E-state index is 16.4. The van der Waals surface area contributed by atoms with Gasteiger partial charge in [-0.3, -0.25) is 81.5 Å². The van der Waals surface area contributed by atoms with Crippen LogP contribution in [0, 0.1) is 12.8 Å². The summed E-state index contributed by atoms with van der Waals surface area (Å²) >= 11 is 0. The molecule has 0 unspecified atom stereocenters. The van der Waals surface area contributed by atoms with Crippen LogP contribution in [0.2, 0.25) is 0 Å². The summed E-state index contributed by atoms with van der Waals surface area (Å²) in [6, 6.07) is 5.50. The summed E-state index contributed by atoms with van der Waals surface area (Å²) in [4.78, 5) is 262. The average molecular weight is 1930 g/mol. The molecule has 13 atom stereocenters. The van der Waals surface area contributed by atoms with Gasteiger partial charge in [0.1, 0.15) is 84.1 Å². The van der Waals surface area contributed by atoms with Crippen molar-refractivity contribution in [2.75, 3.05) is 39.3 Å². The van der Waals surface area contributed by atoms with E-state index in [-0.39, 0.29) is 115 Å². The number of aryl methyl sites for hydroxylation is 1. The lowest BCUT2D eigenvalue weighted by molar-refractivity contribution is -0.139. The normalized spacial score (nSPS) is 19.0. The third-order valence-corrected chi connectivity index (χ3v) is 27.4. The van der Waals surface area contributed by atoms with Crippen molar-refractivity contribution < 1.29 is 96.1 Å². The first-order valence-corrected chi connectivity index (χ1v) is 47.6. The van der Waals surface area contributed by atoms with Gasteiger partial charge >= 0.3 is 6.03 Å². The third-order valence-electron chi connectivity index (χ3n) is 23.2. The maximum atomic E-state index is 16.4. The molecule has 17 amide bonds. The van der Waals surface area contributed by atoms with Gasteiger partial charge in [-0.25, -0.2) is 4.79 Å². The molecule has 0 radical (unpaired) electrons. The number of amides is 17. The highest BCUT2D eigenvalue weighted by molar-refractivity contribution is 8.77. The Labute approximate surface area is 798 Å². The standard InChI is InChI=1S/C93H137N21O20S2/c1-51-23-21-27-63-61(50-102-74(51)63)46-68-81(125)104-64(29-22-41-101-89(99)133)79(123)112-77(92(10,11)136-135-91(8,9)76(103-55(5)118)86(130)109-69(48-72(97)120)82(126)111-75(53(3)116)85(129)107-68)87(131)108-66(44-56-31-34-62(35-32-56)134-42-39-96)80(124)105-67(45-57-30-33-58-24-13-14-26-60(58)43-57)84(128)114-93(12,36-17-19-38-95)88(132)110-65(28-16-20-40-100-54(4)117)78(122)106-70(49-73(98)121)83(127)113-90(6,7)71(119)47-59(52(2)115)25-15-18-37-94/h13-14,21,23-24,26-27,30-35,43,50,53,59,64-70,75-77,102,116H,15-20,22,25,28-29,36-42,44-49,94-96H2,1-12H3,(H2,97,120)(H2,98,121)(H,100,117)(H,103,118)(H,104,125)(H,105,124)(H,106,122)(H,107,129)(H,108,131)(H,109,130)(H,110,132)(H,111,126)(H,112,123)(H,113,127)(H,114,128)(H3,99,101,133)/t53-,59+,64+,65+,66+,67+,68+,69+,70+,75+,76-,77-,93+/m1/s1. The van der Waals surface area contributed by atoms with Crippen LogP contribution in [-0.2, 0) is 101 Å². The molecule has 5 aromatic rings. The Bertz CT molecular complexity index is 5070. The molecule has 4 aromatic carbocycles. The number of carbonyl (C=O) groups is 18. The van der Waals surface area contributed by atoms with Crippen LogP contribution in [0.25, 0.3) is 21.7 Å². The Balaban J connectivity index is 1.52. The molecule has 6 rings (SSSR count). The van der Waals surface area contributed by atoms with Gasteiger partial charge in [-0.05, 0) is 192 Å². The number of primary amides is 3. The van der Waals surface area contributed by atoms with E-state index in [0.717, 1.165) is 46.4 Å². The number of para-hydroxylation sites is 1. The zero-order valence-electron chi connectivity index (χ0n) is 79.3. The fourth-order valence-electron chi connectivity index (χ4n) is 15.3. The number of nitrogens with two attached hydrogens (primary N) is 6. The van der Waals surface area contributed by atoms with E-state index in [2.05, 4.69) is 79.4 Å². The van der Waals surface area contributed by atoms with E-state index in [0.29, 0.717) is 64.5 Å². The van der Waals surface area contributed by atoms with E-state index in [1.165, 1.54) is 62.3 Å². The van der Waals surface area contributed by atoms with Crippen molar-refractivity contribution in [3.05, 3.63) is 113 Å². The van der Waals surface area contributed by atoms with Gasteiger partial charge in [-0.2, -0.15) is 0 Å². The number of nitrogens with one attached hydrogen (secondary N) is 15. The number of ketones is 2. The van der Waals surface area contributed by atoms with E-state index in [9.17, 15) is 62.6 Å². The fraction of sp³-hybridized carbons (Fsp3) is 0.548. The highest BCUT2D eigenvalue weighted by atomic mass is 33.1. The summed E-state index contributed by atoms with van der Waals surface area (Å²) in [6.45, 7) is 17.5. The SMILES string of the molecule is CC(=O)NCCCC[C@H](NC(=O)[C@](C)(CCCCN)NC(=O)[C@H](Cc1ccc2ccccc2c1)NC(=O)[C@H](Cc1ccc(OCCN)cc1)NC(=O)[C@H]1NC(=O)[C@H](CCCNC(N)=O)NC(=O)[C@H](Cc2c[nH]c3c(C)cccc23)NC(=O)[C@H]([C@@H](C)O)NC(=O)[C@H](CC(N)=O)NC(=O)[C@@H](NC(C)=O)C(C)(C)SSC1(C)C)C(=O)N[C@@H](CC(N)=O)C(=O)NC(C)(C)C(=O)C[C@H](CCCCN)C(C)=O. The Morgan fingerprint density at radius 2 is 1.14 bits per heavy atom. The number of benzene rings is 4. The molecule has 0 saturated carbocycles. The molecule has 0 bridgehead atoms. The van der Waals surface area contributed by atoms with Crippen LogP contribution in [0.5, 0.6) is 5.75 Å². The number of urea groups is 1. The van der Waals surface area contributed by atoms with Crippen LogP contribution in [0.4, 0.5) is 4.79 Å². The quantitative estimate of drug-likeness (QED) is 0.0178. The molecule has 41 nitrogen and oxygen atoms in total. The van der Waals surface area contributed by atoms with Crippen LogP contribution in [0.3, 0.4) is 0 Å². The molecule has 136 heavy (non-hydrogen) atoms. The Hall–Kier alpha value is -12.3. The van der Waals surface area contributed by atoms with Crippen molar-refractivity contribution in [2.45, 2.75) is 279 Å². The van der Waals surface area contributed by atoms with E-state index in [1.54, 1.807) is 66.9 Å². The molecular weight excluding hydrogens is 1800 g/mol. The number of aromatic nitrogens is 1. The maximum Gasteiger partial charge on any atom is 0.312 e. The first-order valence-electron chi connectivity index (χ1n) is 45.5. The monoisotopic (exact) mass is 1930 g/mol. The average Bonchev–Trinajstić information content (AvgIpc) is 1.28. The lowest BCUT2D eigenvalue weighted by atomic mass is 9.86. The molecule has 1 aromatic heterocycles. The van der Waals surface area contributed by atoms with Crippen molar-refractivity contribution in [3.63, 3.8) is 0 Å². The first kappa shape index (κ1) is 112. The number of rotatable bonds is 48. The van der Waals surface area contributed by atoms with E-state index in [4.69, 9.17) is 39.1 Å². The molecule has 1 saturated heterocycles. The van der Waals surface area contributed by atoms with Gasteiger partial charge in [0, 0.05) is 91.7 Å². The second-order valence-electron chi connectivity index (χ2n) is 36.1. The summed E-state index contributed by atoms with van der Waals surface area (Å²) in [5.41, 5.74) is 33.4. The lowest BCUT2D eigenvalue weighted by Gasteiger charge is -2.39. The summed E-state index contributed by atoms with van der Waals surface area (Å²) in [5, 5.41) is 50.6. The number of carbonyl (C=O) groups excluding carboxylic acids is 18. The minimum Gasteiger partial charge on any atom is -0.492 e. The smallest absolute Gasteiger partial charge is 0.312 e. The van der Waals surface area contributed by atoms with Gasteiger partial charge in [0.15, 0.2) is 5.78 Å². The molecule has 1 fully saturated rings. The van der Waals surface area contributed by atoms with Crippen molar-refractivity contribution in [1.29, 1.82) is 0 Å². The molecule has 0 spiro atoms. The Morgan fingerprint density at radius 3 is 1.77 bits per heavy atom. The number of Topliss-reactive ketones (excluding diaryl/α,β-unsaturated/α-hetero) is 2. The number of fused-ring (bicyclic) bond motifs is 2. The highest BCUT2D eigenvalue weighted by Gasteiger charge is 2.48. The van der Waals surface area contributed by atoms with E-state index in [1.807, 2.05) is 31.2 Å². The van der Waals surface area contributed by atoms with Crippen LogP contribution >= 0.6 is 21.6 Å². The lowest BCUT2D eigenvalue weighted by Crippen LogP contribution is -2.65. The molecule has 43 heteroatoms. The van der Waals surface area contributed by atoms with Gasteiger partial charge in [-0.15, -0.1) is 0 Å². The number of hydrogen-bond donors (Lipinski definition) is 22. The number of ether oxygens (including phenoxy) is 1. The molecule has 28 N–H and O–H groups in total. The number of H-pyrrole nitrogens is 1. The van der Waals surface area contributed by atoms with Crippen molar-refractivity contribution in [2.24, 2.45) is 40.3 Å². The van der Waals surface area contributed by atoms with Crippen LogP contribution < -0.4 is 114 Å². The Kier molecular flexibility index (Phi) is 44.0. The largest absolute Gasteiger partial charge is 0.492 e. The molecule has 0 aliphatic carbocycles. The highest BCUT2D eigenvalue weighted by Crippen LogP contribution is 2.47. The van der Waals surface area contributed by atoms with Crippen LogP contribution in [0.15, 0.2) is 91.1 Å². The molecular formula is C93H137N21O20S2. The molecule has 2 heterocycles. The zero-order valence-corrected chi connectivity index (χ0v) is 81.0. The second kappa shape index (κ2) is 53.3. The van der Waals surface area contributed by atoms with Crippen LogP contribution in [-0.4, -0.2) is 243 Å². The molecule has 1 aliphatic heterocycles. The summed E-state index contributed by atoms with van der Waals surface area (Å²) < 4.78 is 2.52. The van der Waals surface area contributed by atoms with Gasteiger partial charge < -0.3 is 124 Å². The van der Waals surface area contributed by atoms with Crippen molar-refractivity contribution >= 4 is 149 Å². The zero-order chi connectivity index (χ0) is 101. The van der Waals surface area contributed by atoms with E-state index >= 15 is 28.8 Å². The van der Waals surface area contributed by atoms with E-state index < -0.39 is 207 Å². The third kappa shape index (κ3) is 35.4. The summed E-state index contributed by atoms with van der Waals surface area (Å²) in [5.74, 6) is -16.3. The number of aliphatic hydroxyl groups is 1. The number of hydrogen-bond acceptors (Lipinski definition) is 25. The first-order chi connectivity index (χ1) is 64.0. The summed E-state index contributed by atoms with van der Waals surface area (Å²) in [7, 11) is 1.76. The number of aliphatic hydroxyl groups excluding tert-OH is 1.